The summed E-state index contributed by atoms with van der Waals surface area (Å²) >= 11 is 0. The molecule has 0 aliphatic heterocycles. The van der Waals surface area contributed by atoms with Crippen LogP contribution in [0.5, 0.6) is 0 Å². The number of hydrogen-bond acceptors (Lipinski definition) is 4. The smallest absolute Gasteiger partial charge is 0.130 e. The number of pyridine rings is 1. The van der Waals surface area contributed by atoms with Crippen LogP contribution in [-0.4, -0.2) is 21.5 Å². The first kappa shape index (κ1) is 13.5. The Hall–Kier alpha value is -1.97. The summed E-state index contributed by atoms with van der Waals surface area (Å²) in [5, 5.41) is 3.33. The van der Waals surface area contributed by atoms with Gasteiger partial charge in [0.1, 0.15) is 11.6 Å². The van der Waals surface area contributed by atoms with Gasteiger partial charge in [-0.25, -0.2) is 9.97 Å². The minimum Gasteiger partial charge on any atom is -0.370 e. The van der Waals surface area contributed by atoms with Gasteiger partial charge in [0, 0.05) is 37.8 Å². The second kappa shape index (κ2) is 6.83. The highest BCUT2D eigenvalue weighted by molar-refractivity contribution is 5.37. The number of aromatic nitrogens is 3. The number of aryl methyl sites for hydroxylation is 1. The molecule has 2 heterocycles. The Kier molecular flexibility index (Phi) is 4.84. The zero-order chi connectivity index (χ0) is 13.5. The van der Waals surface area contributed by atoms with Crippen LogP contribution in [0.15, 0.2) is 30.6 Å². The van der Waals surface area contributed by atoms with Crippen molar-refractivity contribution in [2.45, 2.75) is 33.1 Å². The van der Waals surface area contributed by atoms with Crippen molar-refractivity contribution in [3.63, 3.8) is 0 Å². The van der Waals surface area contributed by atoms with E-state index in [1.54, 1.807) is 6.20 Å². The summed E-state index contributed by atoms with van der Waals surface area (Å²) in [7, 11) is 0. The first-order valence-corrected chi connectivity index (χ1v) is 6.81. The topological polar surface area (TPSA) is 50.7 Å². The summed E-state index contributed by atoms with van der Waals surface area (Å²) in [5.74, 6) is 1.81. The minimum absolute atomic E-state index is 0.796. The molecule has 4 heteroatoms. The van der Waals surface area contributed by atoms with Crippen LogP contribution in [0.3, 0.4) is 0 Å². The Morgan fingerprint density at radius 2 is 2.11 bits per heavy atom. The van der Waals surface area contributed by atoms with Gasteiger partial charge in [-0.15, -0.1) is 0 Å². The van der Waals surface area contributed by atoms with E-state index < -0.39 is 0 Å². The highest BCUT2D eigenvalue weighted by Gasteiger charge is 2.04. The molecule has 100 valence electrons. The molecule has 0 radical (unpaired) electrons. The third-order valence-corrected chi connectivity index (χ3v) is 2.81. The van der Waals surface area contributed by atoms with Crippen molar-refractivity contribution < 1.29 is 0 Å². The van der Waals surface area contributed by atoms with Crippen molar-refractivity contribution >= 4 is 5.82 Å². The molecule has 1 N–H and O–H groups in total. The number of hydrogen-bond donors (Lipinski definition) is 1. The van der Waals surface area contributed by atoms with Crippen molar-refractivity contribution in [1.82, 2.24) is 15.0 Å². The average Bonchev–Trinajstić information content (AvgIpc) is 2.46. The van der Waals surface area contributed by atoms with Crippen LogP contribution in [-0.2, 0) is 12.8 Å². The Labute approximate surface area is 114 Å². The molecule has 0 bridgehead atoms. The van der Waals surface area contributed by atoms with E-state index in [-0.39, 0.29) is 0 Å². The summed E-state index contributed by atoms with van der Waals surface area (Å²) in [6.45, 7) is 5.16. The third kappa shape index (κ3) is 4.02. The number of rotatable bonds is 6. The largest absolute Gasteiger partial charge is 0.370 e. The molecule has 0 fully saturated rings. The Morgan fingerprint density at radius 3 is 2.79 bits per heavy atom. The van der Waals surface area contributed by atoms with Crippen molar-refractivity contribution in [3.8, 4) is 0 Å². The zero-order valence-electron chi connectivity index (χ0n) is 11.6. The van der Waals surface area contributed by atoms with Crippen LogP contribution < -0.4 is 5.32 Å². The lowest BCUT2D eigenvalue weighted by molar-refractivity contribution is 0.884. The molecule has 0 aromatic carbocycles. The highest BCUT2D eigenvalue weighted by atomic mass is 15.0. The van der Waals surface area contributed by atoms with Crippen LogP contribution in [0, 0.1) is 0 Å². The van der Waals surface area contributed by atoms with Crippen LogP contribution in [0.1, 0.15) is 37.4 Å². The fourth-order valence-corrected chi connectivity index (χ4v) is 1.86. The number of anilines is 1. The molecule has 0 amide bonds. The SMILES string of the molecule is CCCNc1cc(Cc2cccnc2)nc(CC)n1. The maximum absolute atomic E-state index is 4.58. The van der Waals surface area contributed by atoms with Gasteiger partial charge in [0.25, 0.3) is 0 Å². The zero-order valence-corrected chi connectivity index (χ0v) is 11.6. The lowest BCUT2D eigenvalue weighted by atomic mass is 10.1. The fraction of sp³-hybridized carbons (Fsp3) is 0.400. The summed E-state index contributed by atoms with van der Waals surface area (Å²) < 4.78 is 0. The molecule has 2 aromatic heterocycles. The first-order chi connectivity index (χ1) is 9.31. The van der Waals surface area contributed by atoms with Gasteiger partial charge in [-0.1, -0.05) is 19.9 Å². The fourth-order valence-electron chi connectivity index (χ4n) is 1.86. The number of nitrogens with one attached hydrogen (secondary N) is 1. The maximum Gasteiger partial charge on any atom is 0.130 e. The van der Waals surface area contributed by atoms with Gasteiger partial charge in [-0.3, -0.25) is 4.98 Å². The number of nitrogens with zero attached hydrogens (tertiary/aromatic N) is 3. The van der Waals surface area contributed by atoms with Crippen LogP contribution in [0.25, 0.3) is 0 Å². The lowest BCUT2D eigenvalue weighted by Gasteiger charge is -2.08. The molecule has 4 nitrogen and oxygen atoms in total. The van der Waals surface area contributed by atoms with Crippen molar-refractivity contribution in [2.75, 3.05) is 11.9 Å². The van der Waals surface area contributed by atoms with Gasteiger partial charge in [-0.2, -0.15) is 0 Å². The molecular formula is C15H20N4. The summed E-state index contributed by atoms with van der Waals surface area (Å²) in [4.78, 5) is 13.2. The molecule has 0 unspecified atom stereocenters. The third-order valence-electron chi connectivity index (χ3n) is 2.81. The molecule has 2 aromatic rings. The van der Waals surface area contributed by atoms with Crippen LogP contribution >= 0.6 is 0 Å². The predicted octanol–water partition coefficient (Wildman–Crippen LogP) is 2.85. The van der Waals surface area contributed by atoms with E-state index >= 15 is 0 Å². The molecule has 0 saturated carbocycles. The molecule has 0 spiro atoms. The summed E-state index contributed by atoms with van der Waals surface area (Å²) in [5.41, 5.74) is 2.21. The second-order valence-electron chi connectivity index (χ2n) is 4.48. The van der Waals surface area contributed by atoms with E-state index in [4.69, 9.17) is 0 Å². The Morgan fingerprint density at radius 1 is 1.21 bits per heavy atom. The van der Waals surface area contributed by atoms with E-state index in [0.717, 1.165) is 43.1 Å². The monoisotopic (exact) mass is 256 g/mol. The summed E-state index contributed by atoms with van der Waals surface area (Å²) in [6.07, 6.45) is 6.40. The van der Waals surface area contributed by atoms with Crippen molar-refractivity contribution in [2.24, 2.45) is 0 Å². The van der Waals surface area contributed by atoms with Crippen LogP contribution in [0.4, 0.5) is 5.82 Å². The van der Waals surface area contributed by atoms with E-state index in [1.165, 1.54) is 5.56 Å². The Balaban J connectivity index is 2.19. The first-order valence-electron chi connectivity index (χ1n) is 6.81. The molecular weight excluding hydrogens is 236 g/mol. The molecule has 0 atom stereocenters. The molecule has 0 saturated heterocycles. The molecule has 0 aliphatic carbocycles. The average molecular weight is 256 g/mol. The van der Waals surface area contributed by atoms with Crippen molar-refractivity contribution in [1.29, 1.82) is 0 Å². The minimum atomic E-state index is 0.796. The highest BCUT2D eigenvalue weighted by Crippen LogP contribution is 2.11. The normalized spacial score (nSPS) is 10.4. The quantitative estimate of drug-likeness (QED) is 0.863. The van der Waals surface area contributed by atoms with Crippen molar-refractivity contribution in [3.05, 3.63) is 47.7 Å². The molecule has 0 aliphatic rings. The van der Waals surface area contributed by atoms with Gasteiger partial charge in [-0.05, 0) is 18.1 Å². The molecule has 2 rings (SSSR count). The molecule has 19 heavy (non-hydrogen) atoms. The summed E-state index contributed by atoms with van der Waals surface area (Å²) in [6, 6.07) is 6.05. The van der Waals surface area contributed by atoms with Gasteiger partial charge in [0.15, 0.2) is 0 Å². The lowest BCUT2D eigenvalue weighted by Crippen LogP contribution is -2.07. The van der Waals surface area contributed by atoms with E-state index in [0.29, 0.717) is 0 Å². The maximum atomic E-state index is 4.58. The van der Waals surface area contributed by atoms with E-state index in [1.807, 2.05) is 18.3 Å². The standard InChI is InChI=1S/C15H20N4/c1-3-7-17-15-10-13(18-14(4-2)19-15)9-12-6-5-8-16-11-12/h5-6,8,10-11H,3-4,7,9H2,1-2H3,(H,17,18,19). The van der Waals surface area contributed by atoms with E-state index in [2.05, 4.69) is 40.2 Å². The van der Waals surface area contributed by atoms with Crippen LogP contribution in [0.2, 0.25) is 0 Å². The van der Waals surface area contributed by atoms with Gasteiger partial charge >= 0.3 is 0 Å². The Bertz CT molecular complexity index is 511. The predicted molar refractivity (Wildman–Crippen MR) is 77.2 cm³/mol. The van der Waals surface area contributed by atoms with Gasteiger partial charge < -0.3 is 5.32 Å². The van der Waals surface area contributed by atoms with E-state index in [9.17, 15) is 0 Å². The van der Waals surface area contributed by atoms with Gasteiger partial charge in [0.05, 0.1) is 5.69 Å². The van der Waals surface area contributed by atoms with Gasteiger partial charge in [0.2, 0.25) is 0 Å². The second-order valence-corrected chi connectivity index (χ2v) is 4.48.